The molecule has 0 aliphatic carbocycles. The van der Waals surface area contributed by atoms with Gasteiger partial charge in [-0.15, -0.1) is 0 Å². The second-order valence-corrected chi connectivity index (χ2v) is 9.04. The van der Waals surface area contributed by atoms with Crippen molar-refractivity contribution >= 4 is 53.5 Å². The van der Waals surface area contributed by atoms with E-state index in [0.717, 1.165) is 18.8 Å². The molecule has 0 bridgehead atoms. The van der Waals surface area contributed by atoms with Crippen molar-refractivity contribution in [3.05, 3.63) is 57.0 Å². The molecular weight excluding hydrogens is 460 g/mol. The van der Waals surface area contributed by atoms with Crippen molar-refractivity contribution in [3.63, 3.8) is 0 Å². The normalized spacial score (nSPS) is 11.5. The molecule has 0 aromatic heterocycles. The van der Waals surface area contributed by atoms with Gasteiger partial charge in [-0.2, -0.15) is 4.31 Å². The SMILES string of the molecule is Cc1ccc(NC(=O)CN(C)S(=O)(=O)c2ccc(Br)cc2)cc1Br. The van der Waals surface area contributed by atoms with Crippen LogP contribution < -0.4 is 5.32 Å². The molecule has 0 atom stereocenters. The summed E-state index contributed by atoms with van der Waals surface area (Å²) in [4.78, 5) is 12.2. The Labute approximate surface area is 158 Å². The van der Waals surface area contributed by atoms with Crippen molar-refractivity contribution < 1.29 is 13.2 Å². The first-order valence-corrected chi connectivity index (χ1v) is 10.0. The highest BCUT2D eigenvalue weighted by Crippen LogP contribution is 2.21. The highest BCUT2D eigenvalue weighted by atomic mass is 79.9. The molecule has 8 heteroatoms. The lowest BCUT2D eigenvalue weighted by Gasteiger charge is -2.17. The van der Waals surface area contributed by atoms with Crippen LogP contribution in [0.15, 0.2) is 56.3 Å². The average molecular weight is 476 g/mol. The summed E-state index contributed by atoms with van der Waals surface area (Å²) in [6, 6.07) is 11.7. The van der Waals surface area contributed by atoms with Gasteiger partial charge in [-0.3, -0.25) is 4.79 Å². The van der Waals surface area contributed by atoms with Gasteiger partial charge in [0.2, 0.25) is 15.9 Å². The number of amides is 1. The summed E-state index contributed by atoms with van der Waals surface area (Å²) in [7, 11) is -2.34. The van der Waals surface area contributed by atoms with Gasteiger partial charge in [0.15, 0.2) is 0 Å². The third-order valence-corrected chi connectivity index (χ3v) is 6.54. The quantitative estimate of drug-likeness (QED) is 0.715. The third-order valence-electron chi connectivity index (χ3n) is 3.34. The van der Waals surface area contributed by atoms with Crippen LogP contribution in [0, 0.1) is 6.92 Å². The molecule has 0 aliphatic heterocycles. The van der Waals surface area contributed by atoms with Gasteiger partial charge in [-0.1, -0.05) is 37.9 Å². The minimum absolute atomic E-state index is 0.138. The molecule has 128 valence electrons. The van der Waals surface area contributed by atoms with Gasteiger partial charge in [0.05, 0.1) is 11.4 Å². The summed E-state index contributed by atoms with van der Waals surface area (Å²) in [5.74, 6) is -0.408. The molecule has 0 radical (unpaired) electrons. The third kappa shape index (κ3) is 4.66. The van der Waals surface area contributed by atoms with Crippen LogP contribution in [0.5, 0.6) is 0 Å². The lowest BCUT2D eigenvalue weighted by molar-refractivity contribution is -0.116. The molecule has 0 spiro atoms. The number of hydrogen-bond acceptors (Lipinski definition) is 3. The van der Waals surface area contributed by atoms with Crippen molar-refractivity contribution in [2.24, 2.45) is 0 Å². The fourth-order valence-corrected chi connectivity index (χ4v) is 3.72. The molecule has 2 rings (SSSR count). The van der Waals surface area contributed by atoms with E-state index in [1.165, 1.54) is 19.2 Å². The number of nitrogens with one attached hydrogen (secondary N) is 1. The zero-order valence-corrected chi connectivity index (χ0v) is 17.1. The summed E-state index contributed by atoms with van der Waals surface area (Å²) < 4.78 is 27.6. The smallest absolute Gasteiger partial charge is 0.243 e. The van der Waals surface area contributed by atoms with E-state index in [0.29, 0.717) is 5.69 Å². The van der Waals surface area contributed by atoms with E-state index in [9.17, 15) is 13.2 Å². The van der Waals surface area contributed by atoms with E-state index in [2.05, 4.69) is 37.2 Å². The van der Waals surface area contributed by atoms with Crippen LogP contribution in [0.3, 0.4) is 0 Å². The molecular formula is C16H16Br2N2O3S. The Kier molecular flexibility index (Phi) is 6.19. The Balaban J connectivity index is 2.07. The minimum Gasteiger partial charge on any atom is -0.325 e. The topological polar surface area (TPSA) is 66.5 Å². The van der Waals surface area contributed by atoms with Crippen molar-refractivity contribution in [2.75, 3.05) is 18.9 Å². The van der Waals surface area contributed by atoms with Gasteiger partial charge in [-0.25, -0.2) is 8.42 Å². The summed E-state index contributed by atoms with van der Waals surface area (Å²) in [6.45, 7) is 1.66. The van der Waals surface area contributed by atoms with Crippen molar-refractivity contribution in [3.8, 4) is 0 Å². The van der Waals surface area contributed by atoms with E-state index in [-0.39, 0.29) is 11.4 Å². The molecule has 0 heterocycles. The van der Waals surface area contributed by atoms with E-state index >= 15 is 0 Å². The molecule has 5 nitrogen and oxygen atoms in total. The van der Waals surface area contributed by atoms with Crippen molar-refractivity contribution in [1.29, 1.82) is 0 Å². The number of anilines is 1. The van der Waals surface area contributed by atoms with E-state index in [4.69, 9.17) is 0 Å². The minimum atomic E-state index is -3.72. The second-order valence-electron chi connectivity index (χ2n) is 5.23. The monoisotopic (exact) mass is 474 g/mol. The summed E-state index contributed by atoms with van der Waals surface area (Å²) in [5, 5.41) is 2.69. The average Bonchev–Trinajstić information content (AvgIpc) is 2.51. The Morgan fingerprint density at radius 3 is 2.33 bits per heavy atom. The standard InChI is InChI=1S/C16H16Br2N2O3S/c1-11-3-6-13(9-15(11)18)19-16(21)10-20(2)24(22,23)14-7-4-12(17)5-8-14/h3-9H,10H2,1-2H3,(H,19,21). The maximum atomic E-state index is 12.5. The van der Waals surface area contributed by atoms with Crippen LogP contribution in [-0.4, -0.2) is 32.2 Å². The summed E-state index contributed by atoms with van der Waals surface area (Å²) in [6.07, 6.45) is 0. The molecule has 0 fully saturated rings. The zero-order valence-electron chi connectivity index (χ0n) is 13.1. The number of likely N-dealkylation sites (N-methyl/N-ethyl adjacent to an activating group) is 1. The van der Waals surface area contributed by atoms with Gasteiger partial charge in [0.1, 0.15) is 0 Å². The maximum absolute atomic E-state index is 12.5. The number of benzene rings is 2. The fourth-order valence-electron chi connectivity index (χ4n) is 1.94. The highest BCUT2D eigenvalue weighted by Gasteiger charge is 2.22. The van der Waals surface area contributed by atoms with Crippen LogP contribution in [0.4, 0.5) is 5.69 Å². The second kappa shape index (κ2) is 7.77. The first-order valence-electron chi connectivity index (χ1n) is 6.98. The van der Waals surface area contributed by atoms with Gasteiger partial charge < -0.3 is 5.32 Å². The number of aryl methyl sites for hydroxylation is 1. The number of carbonyl (C=O) groups is 1. The van der Waals surface area contributed by atoms with Crippen molar-refractivity contribution in [2.45, 2.75) is 11.8 Å². The van der Waals surface area contributed by atoms with Crippen LogP contribution in [0.1, 0.15) is 5.56 Å². The molecule has 0 unspecified atom stereocenters. The van der Waals surface area contributed by atoms with E-state index < -0.39 is 15.9 Å². The predicted octanol–water partition coefficient (Wildman–Crippen LogP) is 3.78. The Hall–Kier alpha value is -1.22. The lowest BCUT2D eigenvalue weighted by Crippen LogP contribution is -2.34. The Morgan fingerprint density at radius 1 is 1.12 bits per heavy atom. The van der Waals surface area contributed by atoms with Gasteiger partial charge in [0.25, 0.3) is 0 Å². The number of halogens is 2. The first-order chi connectivity index (χ1) is 11.2. The van der Waals surface area contributed by atoms with E-state index in [1.807, 2.05) is 13.0 Å². The fraction of sp³-hybridized carbons (Fsp3) is 0.188. The first kappa shape index (κ1) is 19.1. The number of sulfonamides is 1. The highest BCUT2D eigenvalue weighted by molar-refractivity contribution is 9.10. The predicted molar refractivity (Wildman–Crippen MR) is 101 cm³/mol. The molecule has 2 aromatic carbocycles. The van der Waals surface area contributed by atoms with Crippen LogP contribution >= 0.6 is 31.9 Å². The van der Waals surface area contributed by atoms with Crippen molar-refractivity contribution in [1.82, 2.24) is 4.31 Å². The number of rotatable bonds is 5. The zero-order chi connectivity index (χ0) is 17.9. The summed E-state index contributed by atoms with van der Waals surface area (Å²) >= 11 is 6.65. The van der Waals surface area contributed by atoms with Crippen LogP contribution in [-0.2, 0) is 14.8 Å². The lowest BCUT2D eigenvalue weighted by atomic mass is 10.2. The largest absolute Gasteiger partial charge is 0.325 e. The maximum Gasteiger partial charge on any atom is 0.243 e. The van der Waals surface area contributed by atoms with E-state index in [1.54, 1.807) is 24.3 Å². The van der Waals surface area contributed by atoms with Gasteiger partial charge >= 0.3 is 0 Å². The van der Waals surface area contributed by atoms with Crippen LogP contribution in [0.2, 0.25) is 0 Å². The molecule has 1 N–H and O–H groups in total. The Morgan fingerprint density at radius 2 is 1.75 bits per heavy atom. The van der Waals surface area contributed by atoms with Gasteiger partial charge in [-0.05, 0) is 48.9 Å². The molecule has 24 heavy (non-hydrogen) atoms. The number of hydrogen-bond donors (Lipinski definition) is 1. The van der Waals surface area contributed by atoms with Gasteiger partial charge in [0, 0.05) is 21.7 Å². The summed E-state index contributed by atoms with van der Waals surface area (Å²) in [5.41, 5.74) is 1.65. The molecule has 1 amide bonds. The molecule has 0 aliphatic rings. The number of carbonyl (C=O) groups excluding carboxylic acids is 1. The Bertz CT molecular complexity index is 852. The van der Waals surface area contributed by atoms with Crippen LogP contribution in [0.25, 0.3) is 0 Å². The molecule has 2 aromatic rings. The number of nitrogens with zero attached hydrogens (tertiary/aromatic N) is 1. The molecule has 0 saturated carbocycles. The molecule has 0 saturated heterocycles.